The van der Waals surface area contributed by atoms with Crippen LogP contribution in [-0.2, 0) is 4.74 Å². The van der Waals surface area contributed by atoms with Crippen LogP contribution in [0.2, 0.25) is 0 Å². The molecule has 3 heteroatoms. The zero-order valence-electron chi connectivity index (χ0n) is 11.4. The van der Waals surface area contributed by atoms with Crippen LogP contribution in [0.3, 0.4) is 0 Å². The molecule has 1 aromatic carbocycles. The molecule has 0 aromatic heterocycles. The van der Waals surface area contributed by atoms with E-state index in [4.69, 9.17) is 15.2 Å². The smallest absolute Gasteiger partial charge is 0.120 e. The van der Waals surface area contributed by atoms with Gasteiger partial charge in [-0.25, -0.2) is 0 Å². The Bertz CT molecular complexity index is 392. The van der Waals surface area contributed by atoms with E-state index in [1.165, 1.54) is 0 Å². The van der Waals surface area contributed by atoms with Crippen molar-refractivity contribution < 1.29 is 9.47 Å². The van der Waals surface area contributed by atoms with Crippen LogP contribution in [0, 0.1) is 5.92 Å². The fourth-order valence-corrected chi connectivity index (χ4v) is 2.44. The molecule has 1 saturated heterocycles. The molecule has 1 aliphatic rings. The van der Waals surface area contributed by atoms with Crippen molar-refractivity contribution in [3.63, 3.8) is 0 Å². The zero-order valence-corrected chi connectivity index (χ0v) is 11.4. The van der Waals surface area contributed by atoms with Gasteiger partial charge in [-0.05, 0) is 44.9 Å². The molecule has 3 atom stereocenters. The number of ether oxygens (including phenoxy) is 2. The average Bonchev–Trinajstić information content (AvgIpc) is 2.74. The molecule has 0 saturated carbocycles. The third-order valence-electron chi connectivity index (χ3n) is 3.35. The minimum Gasteiger partial charge on any atom is -0.491 e. The highest BCUT2D eigenvalue weighted by molar-refractivity contribution is 5.31. The van der Waals surface area contributed by atoms with Gasteiger partial charge in [0.1, 0.15) is 5.75 Å². The van der Waals surface area contributed by atoms with E-state index in [1.807, 2.05) is 32.0 Å². The Balaban J connectivity index is 2.07. The molecular formula is C15H23NO2. The SMILES string of the molecule is CC(C)Oc1cccc(C(N)C2COC(C)C2)c1. The summed E-state index contributed by atoms with van der Waals surface area (Å²) in [6.45, 7) is 6.92. The summed E-state index contributed by atoms with van der Waals surface area (Å²) >= 11 is 0. The first-order valence-corrected chi connectivity index (χ1v) is 6.70. The van der Waals surface area contributed by atoms with Gasteiger partial charge in [-0.2, -0.15) is 0 Å². The highest BCUT2D eigenvalue weighted by atomic mass is 16.5. The molecule has 1 heterocycles. The lowest BCUT2D eigenvalue weighted by molar-refractivity contribution is 0.118. The summed E-state index contributed by atoms with van der Waals surface area (Å²) in [4.78, 5) is 0. The predicted molar refractivity (Wildman–Crippen MR) is 72.7 cm³/mol. The maximum atomic E-state index is 6.33. The fourth-order valence-electron chi connectivity index (χ4n) is 2.44. The molecule has 1 fully saturated rings. The normalized spacial score (nSPS) is 25.4. The topological polar surface area (TPSA) is 44.5 Å². The second-order valence-electron chi connectivity index (χ2n) is 5.40. The van der Waals surface area contributed by atoms with Crippen LogP contribution in [0.25, 0.3) is 0 Å². The molecule has 0 bridgehead atoms. The monoisotopic (exact) mass is 249 g/mol. The third-order valence-corrected chi connectivity index (χ3v) is 3.35. The molecule has 3 unspecified atom stereocenters. The van der Waals surface area contributed by atoms with E-state index in [0.29, 0.717) is 12.0 Å². The van der Waals surface area contributed by atoms with Gasteiger partial charge >= 0.3 is 0 Å². The maximum Gasteiger partial charge on any atom is 0.120 e. The standard InChI is InChI=1S/C15H23NO2/c1-10(2)18-14-6-4-5-12(8-14)15(16)13-7-11(3)17-9-13/h4-6,8,10-11,13,15H,7,9,16H2,1-3H3. The van der Waals surface area contributed by atoms with Crippen molar-refractivity contribution >= 4 is 0 Å². The largest absolute Gasteiger partial charge is 0.491 e. The van der Waals surface area contributed by atoms with Gasteiger partial charge in [-0.3, -0.25) is 0 Å². The third kappa shape index (κ3) is 3.24. The lowest BCUT2D eigenvalue weighted by Gasteiger charge is -2.19. The van der Waals surface area contributed by atoms with E-state index in [0.717, 1.165) is 24.3 Å². The lowest BCUT2D eigenvalue weighted by Crippen LogP contribution is -2.21. The minimum absolute atomic E-state index is 0.0330. The van der Waals surface area contributed by atoms with Gasteiger partial charge in [-0.15, -0.1) is 0 Å². The van der Waals surface area contributed by atoms with Gasteiger partial charge in [0.15, 0.2) is 0 Å². The molecule has 1 aromatic rings. The van der Waals surface area contributed by atoms with Crippen LogP contribution in [0.4, 0.5) is 0 Å². The summed E-state index contributed by atoms with van der Waals surface area (Å²) in [5.41, 5.74) is 7.46. The quantitative estimate of drug-likeness (QED) is 0.892. The maximum absolute atomic E-state index is 6.33. The molecule has 1 aliphatic heterocycles. The van der Waals surface area contributed by atoms with Gasteiger partial charge in [0, 0.05) is 12.0 Å². The Kier molecular flexibility index (Phi) is 4.25. The molecule has 3 nitrogen and oxygen atoms in total. The van der Waals surface area contributed by atoms with Crippen molar-refractivity contribution in [3.05, 3.63) is 29.8 Å². The highest BCUT2D eigenvalue weighted by Gasteiger charge is 2.28. The predicted octanol–water partition coefficient (Wildman–Crippen LogP) is 2.90. The zero-order chi connectivity index (χ0) is 13.1. The van der Waals surface area contributed by atoms with Crippen LogP contribution >= 0.6 is 0 Å². The van der Waals surface area contributed by atoms with E-state index in [-0.39, 0.29) is 12.1 Å². The van der Waals surface area contributed by atoms with E-state index >= 15 is 0 Å². The summed E-state index contributed by atoms with van der Waals surface area (Å²) in [5.74, 6) is 1.30. The first-order valence-electron chi connectivity index (χ1n) is 6.70. The summed E-state index contributed by atoms with van der Waals surface area (Å²) in [5, 5.41) is 0. The Morgan fingerprint density at radius 1 is 1.39 bits per heavy atom. The first-order chi connectivity index (χ1) is 8.56. The van der Waals surface area contributed by atoms with Crippen molar-refractivity contribution in [1.29, 1.82) is 0 Å². The molecule has 18 heavy (non-hydrogen) atoms. The van der Waals surface area contributed by atoms with Gasteiger partial charge in [0.25, 0.3) is 0 Å². The van der Waals surface area contributed by atoms with Crippen LogP contribution in [-0.4, -0.2) is 18.8 Å². The second kappa shape index (κ2) is 5.72. The van der Waals surface area contributed by atoms with Crippen molar-refractivity contribution in [2.24, 2.45) is 11.7 Å². The molecule has 0 aliphatic carbocycles. The Morgan fingerprint density at radius 2 is 2.17 bits per heavy atom. The van der Waals surface area contributed by atoms with Crippen LogP contribution in [0.15, 0.2) is 24.3 Å². The first kappa shape index (κ1) is 13.4. The molecule has 0 radical (unpaired) electrons. The van der Waals surface area contributed by atoms with Gasteiger partial charge < -0.3 is 15.2 Å². The van der Waals surface area contributed by atoms with E-state index in [1.54, 1.807) is 0 Å². The second-order valence-corrected chi connectivity index (χ2v) is 5.40. The van der Waals surface area contributed by atoms with E-state index in [2.05, 4.69) is 13.0 Å². The van der Waals surface area contributed by atoms with Crippen molar-refractivity contribution in [1.82, 2.24) is 0 Å². The number of benzene rings is 1. The van der Waals surface area contributed by atoms with Crippen LogP contribution < -0.4 is 10.5 Å². The van der Waals surface area contributed by atoms with Gasteiger partial charge in [0.2, 0.25) is 0 Å². The van der Waals surface area contributed by atoms with E-state index in [9.17, 15) is 0 Å². The molecule has 0 amide bonds. The Labute approximate surface area is 109 Å². The molecule has 2 N–H and O–H groups in total. The molecule has 0 spiro atoms. The van der Waals surface area contributed by atoms with Crippen LogP contribution in [0.1, 0.15) is 38.8 Å². The summed E-state index contributed by atoms with van der Waals surface area (Å²) in [6, 6.07) is 8.13. The number of rotatable bonds is 4. The number of nitrogens with two attached hydrogens (primary N) is 1. The van der Waals surface area contributed by atoms with Crippen molar-refractivity contribution in [3.8, 4) is 5.75 Å². The Morgan fingerprint density at radius 3 is 2.78 bits per heavy atom. The summed E-state index contributed by atoms with van der Waals surface area (Å²) in [6.07, 6.45) is 1.55. The van der Waals surface area contributed by atoms with Crippen molar-refractivity contribution in [2.75, 3.05) is 6.61 Å². The Hall–Kier alpha value is -1.06. The molecule has 100 valence electrons. The van der Waals surface area contributed by atoms with Gasteiger partial charge in [0.05, 0.1) is 18.8 Å². The molecular weight excluding hydrogens is 226 g/mol. The van der Waals surface area contributed by atoms with Crippen LogP contribution in [0.5, 0.6) is 5.75 Å². The highest BCUT2D eigenvalue weighted by Crippen LogP contribution is 2.31. The fraction of sp³-hybridized carbons (Fsp3) is 0.600. The summed E-state index contributed by atoms with van der Waals surface area (Å²) < 4.78 is 11.3. The lowest BCUT2D eigenvalue weighted by atomic mass is 9.92. The minimum atomic E-state index is 0.0330. The molecule has 2 rings (SSSR count). The average molecular weight is 249 g/mol. The van der Waals surface area contributed by atoms with Crippen molar-refractivity contribution in [2.45, 2.75) is 45.4 Å². The van der Waals surface area contributed by atoms with E-state index < -0.39 is 0 Å². The number of hydrogen-bond donors (Lipinski definition) is 1. The van der Waals surface area contributed by atoms with Gasteiger partial charge in [-0.1, -0.05) is 12.1 Å². The number of hydrogen-bond acceptors (Lipinski definition) is 3. The summed E-state index contributed by atoms with van der Waals surface area (Å²) in [7, 11) is 0.